The third-order valence-electron chi connectivity index (χ3n) is 5.26. The smallest absolute Gasteiger partial charge is 0.226 e. The van der Waals surface area contributed by atoms with E-state index in [1.54, 1.807) is 0 Å². The van der Waals surface area contributed by atoms with Crippen molar-refractivity contribution in [1.82, 2.24) is 10.2 Å². The summed E-state index contributed by atoms with van der Waals surface area (Å²) in [6.45, 7) is 7.92. The highest BCUT2D eigenvalue weighted by molar-refractivity contribution is 5.88. The molecule has 2 aliphatic rings. The molecule has 2 N–H and O–H groups in total. The molecule has 1 saturated carbocycles. The van der Waals surface area contributed by atoms with Gasteiger partial charge in [0.05, 0.1) is 12.6 Å². The highest BCUT2D eigenvalue weighted by Gasteiger charge is 2.39. The SMILES string of the molecule is CC(C)(C)CC(CO)NC(=O)C1CCCCC1C(=O)N1CCCC1. The fourth-order valence-corrected chi connectivity index (χ4v) is 4.12. The van der Waals surface area contributed by atoms with Gasteiger partial charge in [0.25, 0.3) is 0 Å². The van der Waals surface area contributed by atoms with Crippen LogP contribution in [-0.4, -0.2) is 47.6 Å². The van der Waals surface area contributed by atoms with Gasteiger partial charge in [-0.2, -0.15) is 0 Å². The molecular formula is C19H34N2O3. The molecule has 0 aromatic heterocycles. The number of rotatable bonds is 5. The number of amides is 2. The highest BCUT2D eigenvalue weighted by atomic mass is 16.3. The first kappa shape index (κ1) is 19.2. The molecule has 0 bridgehead atoms. The molecule has 1 heterocycles. The van der Waals surface area contributed by atoms with Crippen molar-refractivity contribution in [3.8, 4) is 0 Å². The van der Waals surface area contributed by atoms with Crippen LogP contribution in [0.2, 0.25) is 0 Å². The maximum Gasteiger partial charge on any atom is 0.226 e. The summed E-state index contributed by atoms with van der Waals surface area (Å²) in [5.41, 5.74) is 0.0397. The van der Waals surface area contributed by atoms with E-state index in [2.05, 4.69) is 26.1 Å². The molecule has 24 heavy (non-hydrogen) atoms. The molecule has 0 spiro atoms. The average molecular weight is 338 g/mol. The summed E-state index contributed by atoms with van der Waals surface area (Å²) in [7, 11) is 0. The molecule has 0 radical (unpaired) electrons. The van der Waals surface area contributed by atoms with Crippen molar-refractivity contribution in [2.24, 2.45) is 17.3 Å². The number of carbonyl (C=O) groups excluding carboxylic acids is 2. The molecule has 1 aliphatic carbocycles. The van der Waals surface area contributed by atoms with Gasteiger partial charge in [-0.3, -0.25) is 9.59 Å². The fraction of sp³-hybridized carbons (Fsp3) is 0.895. The molecule has 3 atom stereocenters. The summed E-state index contributed by atoms with van der Waals surface area (Å²) in [6, 6.07) is -0.234. The van der Waals surface area contributed by atoms with Crippen molar-refractivity contribution in [2.75, 3.05) is 19.7 Å². The first-order valence-corrected chi connectivity index (χ1v) is 9.52. The Hall–Kier alpha value is -1.10. The summed E-state index contributed by atoms with van der Waals surface area (Å²) < 4.78 is 0. The van der Waals surface area contributed by atoms with Gasteiger partial charge < -0.3 is 15.3 Å². The first-order valence-electron chi connectivity index (χ1n) is 9.52. The monoisotopic (exact) mass is 338 g/mol. The Balaban J connectivity index is 2.00. The number of hydrogen-bond acceptors (Lipinski definition) is 3. The number of carbonyl (C=O) groups is 2. The lowest BCUT2D eigenvalue weighted by Crippen LogP contribution is -2.48. The van der Waals surface area contributed by atoms with E-state index >= 15 is 0 Å². The fourth-order valence-electron chi connectivity index (χ4n) is 4.12. The van der Waals surface area contributed by atoms with E-state index in [9.17, 15) is 14.7 Å². The standard InChI is InChI=1S/C19H34N2O3/c1-19(2,3)12-14(13-22)20-17(23)15-8-4-5-9-16(15)18(24)21-10-6-7-11-21/h14-16,22H,4-13H2,1-3H3,(H,20,23). The summed E-state index contributed by atoms with van der Waals surface area (Å²) in [4.78, 5) is 27.5. The van der Waals surface area contributed by atoms with Gasteiger partial charge in [-0.15, -0.1) is 0 Å². The van der Waals surface area contributed by atoms with E-state index in [0.717, 1.165) is 58.0 Å². The Morgan fingerprint density at radius 2 is 1.67 bits per heavy atom. The summed E-state index contributed by atoms with van der Waals surface area (Å²) in [6.07, 6.45) is 6.51. The molecule has 0 aromatic rings. The average Bonchev–Trinajstić information content (AvgIpc) is 3.06. The third kappa shape index (κ3) is 5.20. The molecule has 1 saturated heterocycles. The maximum absolute atomic E-state index is 12.8. The minimum absolute atomic E-state index is 0.0397. The van der Waals surface area contributed by atoms with E-state index in [-0.39, 0.29) is 41.7 Å². The lowest BCUT2D eigenvalue weighted by molar-refractivity contribution is -0.143. The number of aliphatic hydroxyl groups excluding tert-OH is 1. The van der Waals surface area contributed by atoms with Crippen LogP contribution in [0.4, 0.5) is 0 Å². The molecule has 2 rings (SSSR count). The van der Waals surface area contributed by atoms with E-state index in [0.29, 0.717) is 0 Å². The number of nitrogens with zero attached hydrogens (tertiary/aromatic N) is 1. The van der Waals surface area contributed by atoms with Gasteiger partial charge in [0.1, 0.15) is 0 Å². The third-order valence-corrected chi connectivity index (χ3v) is 5.26. The van der Waals surface area contributed by atoms with Crippen LogP contribution in [0, 0.1) is 17.3 Å². The van der Waals surface area contributed by atoms with E-state index < -0.39 is 0 Å². The van der Waals surface area contributed by atoms with Gasteiger partial charge in [0.2, 0.25) is 11.8 Å². The molecule has 5 heteroatoms. The van der Waals surface area contributed by atoms with Gasteiger partial charge >= 0.3 is 0 Å². The zero-order valence-electron chi connectivity index (χ0n) is 15.5. The summed E-state index contributed by atoms with van der Waals surface area (Å²) in [5, 5.41) is 12.6. The minimum atomic E-state index is -0.235. The van der Waals surface area contributed by atoms with Crippen LogP contribution in [0.15, 0.2) is 0 Å². The molecule has 2 fully saturated rings. The molecule has 0 aromatic carbocycles. The second kappa shape index (κ2) is 8.32. The predicted octanol–water partition coefficient (Wildman–Crippen LogP) is 2.33. The summed E-state index contributed by atoms with van der Waals surface area (Å²) in [5.74, 6) is -0.286. The van der Waals surface area contributed by atoms with Crippen LogP contribution < -0.4 is 5.32 Å². The second-order valence-electron chi connectivity index (χ2n) is 8.68. The summed E-state index contributed by atoms with van der Waals surface area (Å²) >= 11 is 0. The largest absolute Gasteiger partial charge is 0.394 e. The van der Waals surface area contributed by atoms with Crippen molar-refractivity contribution in [3.63, 3.8) is 0 Å². The van der Waals surface area contributed by atoms with Crippen molar-refractivity contribution < 1.29 is 14.7 Å². The zero-order chi connectivity index (χ0) is 17.7. The Morgan fingerprint density at radius 3 is 2.21 bits per heavy atom. The van der Waals surface area contributed by atoms with Gasteiger partial charge in [-0.05, 0) is 37.5 Å². The quantitative estimate of drug-likeness (QED) is 0.808. The number of aliphatic hydroxyl groups is 1. The lowest BCUT2D eigenvalue weighted by Gasteiger charge is -2.34. The van der Waals surface area contributed by atoms with Gasteiger partial charge in [-0.25, -0.2) is 0 Å². The lowest BCUT2D eigenvalue weighted by atomic mass is 9.77. The molecule has 5 nitrogen and oxygen atoms in total. The van der Waals surface area contributed by atoms with Crippen LogP contribution in [0.1, 0.15) is 65.7 Å². The Bertz CT molecular complexity index is 438. The molecule has 2 amide bonds. The van der Waals surface area contributed by atoms with Crippen molar-refractivity contribution in [1.29, 1.82) is 0 Å². The van der Waals surface area contributed by atoms with E-state index in [1.807, 2.05) is 4.90 Å². The zero-order valence-corrected chi connectivity index (χ0v) is 15.5. The predicted molar refractivity (Wildman–Crippen MR) is 94.4 cm³/mol. The molecule has 3 unspecified atom stereocenters. The van der Waals surface area contributed by atoms with Crippen LogP contribution in [0.5, 0.6) is 0 Å². The Labute approximate surface area is 146 Å². The van der Waals surface area contributed by atoms with Crippen molar-refractivity contribution in [2.45, 2.75) is 71.8 Å². The Morgan fingerprint density at radius 1 is 1.08 bits per heavy atom. The number of likely N-dealkylation sites (tertiary alicyclic amines) is 1. The topological polar surface area (TPSA) is 69.6 Å². The van der Waals surface area contributed by atoms with Crippen molar-refractivity contribution >= 4 is 11.8 Å². The molecule has 138 valence electrons. The van der Waals surface area contributed by atoms with Gasteiger partial charge in [0, 0.05) is 24.9 Å². The number of hydrogen-bond donors (Lipinski definition) is 2. The maximum atomic E-state index is 12.8. The highest BCUT2D eigenvalue weighted by Crippen LogP contribution is 2.33. The minimum Gasteiger partial charge on any atom is -0.394 e. The second-order valence-corrected chi connectivity index (χ2v) is 8.68. The van der Waals surface area contributed by atoms with Crippen LogP contribution in [-0.2, 0) is 9.59 Å². The molecular weight excluding hydrogens is 304 g/mol. The van der Waals surface area contributed by atoms with E-state index in [1.165, 1.54) is 0 Å². The van der Waals surface area contributed by atoms with Gasteiger partial charge in [-0.1, -0.05) is 33.6 Å². The van der Waals surface area contributed by atoms with E-state index in [4.69, 9.17) is 0 Å². The first-order chi connectivity index (χ1) is 11.3. The van der Waals surface area contributed by atoms with Crippen LogP contribution >= 0.6 is 0 Å². The normalized spacial score (nSPS) is 26.2. The van der Waals surface area contributed by atoms with Crippen LogP contribution in [0.25, 0.3) is 0 Å². The number of nitrogens with one attached hydrogen (secondary N) is 1. The Kier molecular flexibility index (Phi) is 6.67. The van der Waals surface area contributed by atoms with Gasteiger partial charge in [0.15, 0.2) is 0 Å². The molecule has 1 aliphatic heterocycles. The van der Waals surface area contributed by atoms with Crippen LogP contribution in [0.3, 0.4) is 0 Å². The van der Waals surface area contributed by atoms with Crippen molar-refractivity contribution in [3.05, 3.63) is 0 Å².